The number of urea groups is 1. The van der Waals surface area contributed by atoms with Gasteiger partial charge in [0.25, 0.3) is 0 Å². The molecule has 21 heavy (non-hydrogen) atoms. The molecule has 5 nitrogen and oxygen atoms in total. The third-order valence-electron chi connectivity index (χ3n) is 3.62. The van der Waals surface area contributed by atoms with E-state index in [1.165, 1.54) is 6.07 Å². The van der Waals surface area contributed by atoms with Crippen LogP contribution in [0.4, 0.5) is 14.9 Å². The van der Waals surface area contributed by atoms with E-state index in [-0.39, 0.29) is 23.2 Å². The summed E-state index contributed by atoms with van der Waals surface area (Å²) in [6.45, 7) is 0.284. The molecule has 3 N–H and O–H groups in total. The molecule has 0 aromatic heterocycles. The van der Waals surface area contributed by atoms with Crippen LogP contribution in [-0.2, 0) is 4.79 Å². The Balaban J connectivity index is 1.86. The van der Waals surface area contributed by atoms with Crippen LogP contribution in [0.5, 0.6) is 0 Å². The van der Waals surface area contributed by atoms with Gasteiger partial charge < -0.3 is 15.7 Å². The Labute approximate surface area is 126 Å². The zero-order valence-electron chi connectivity index (χ0n) is 11.2. The Bertz CT molecular complexity index is 533. The maximum atomic E-state index is 13.1. The summed E-state index contributed by atoms with van der Waals surface area (Å²) in [5.41, 5.74) is 0.249. The largest absolute Gasteiger partial charge is 0.481 e. The van der Waals surface area contributed by atoms with Crippen LogP contribution in [0.1, 0.15) is 19.3 Å². The topological polar surface area (TPSA) is 78.4 Å². The summed E-state index contributed by atoms with van der Waals surface area (Å²) in [5.74, 6) is -1.84. The van der Waals surface area contributed by atoms with Crippen molar-refractivity contribution in [2.24, 2.45) is 11.8 Å². The summed E-state index contributed by atoms with van der Waals surface area (Å²) in [6, 6.07) is 3.22. The molecule has 1 aromatic carbocycles. The van der Waals surface area contributed by atoms with Gasteiger partial charge in [0.1, 0.15) is 5.82 Å². The Kier molecular flexibility index (Phi) is 5.01. The lowest BCUT2D eigenvalue weighted by atomic mass is 9.96. The molecule has 0 spiro atoms. The lowest BCUT2D eigenvalue weighted by molar-refractivity contribution is -0.142. The molecule has 1 fully saturated rings. The number of hydrogen-bond donors (Lipinski definition) is 3. The molecular weight excluding hydrogens is 299 g/mol. The first-order chi connectivity index (χ1) is 9.95. The van der Waals surface area contributed by atoms with Crippen molar-refractivity contribution in [3.63, 3.8) is 0 Å². The number of rotatable bonds is 4. The van der Waals surface area contributed by atoms with Crippen LogP contribution in [0.15, 0.2) is 18.2 Å². The van der Waals surface area contributed by atoms with E-state index >= 15 is 0 Å². The van der Waals surface area contributed by atoms with Crippen molar-refractivity contribution in [3.8, 4) is 0 Å². The van der Waals surface area contributed by atoms with Crippen LogP contribution >= 0.6 is 11.6 Å². The van der Waals surface area contributed by atoms with Crippen molar-refractivity contribution in [2.45, 2.75) is 19.3 Å². The normalized spacial score (nSPS) is 21.0. The molecule has 0 heterocycles. The third kappa shape index (κ3) is 4.32. The SMILES string of the molecule is O=C(NCC1CCCC1C(=O)O)Nc1cc(F)cc(Cl)c1. The van der Waals surface area contributed by atoms with Gasteiger partial charge in [-0.15, -0.1) is 0 Å². The lowest BCUT2D eigenvalue weighted by Gasteiger charge is -2.16. The van der Waals surface area contributed by atoms with E-state index in [0.29, 0.717) is 6.42 Å². The van der Waals surface area contributed by atoms with Crippen molar-refractivity contribution >= 4 is 29.3 Å². The number of nitrogens with one attached hydrogen (secondary N) is 2. The van der Waals surface area contributed by atoms with Crippen LogP contribution in [0.2, 0.25) is 5.02 Å². The molecule has 1 aromatic rings. The van der Waals surface area contributed by atoms with Gasteiger partial charge in [0, 0.05) is 17.3 Å². The molecule has 114 valence electrons. The zero-order chi connectivity index (χ0) is 15.4. The van der Waals surface area contributed by atoms with Gasteiger partial charge in [-0.25, -0.2) is 9.18 Å². The smallest absolute Gasteiger partial charge is 0.319 e. The van der Waals surface area contributed by atoms with Crippen molar-refractivity contribution in [3.05, 3.63) is 29.0 Å². The van der Waals surface area contributed by atoms with Crippen molar-refractivity contribution in [2.75, 3.05) is 11.9 Å². The highest BCUT2D eigenvalue weighted by Crippen LogP contribution is 2.31. The summed E-state index contributed by atoms with van der Waals surface area (Å²) in [6.07, 6.45) is 2.27. The predicted octanol–water partition coefficient (Wildman–Crippen LogP) is 3.10. The molecule has 2 rings (SSSR count). The Morgan fingerprint density at radius 2 is 2.10 bits per heavy atom. The minimum Gasteiger partial charge on any atom is -0.481 e. The average Bonchev–Trinajstić information content (AvgIpc) is 2.83. The lowest BCUT2D eigenvalue weighted by Crippen LogP contribution is -2.35. The van der Waals surface area contributed by atoms with E-state index in [4.69, 9.17) is 16.7 Å². The number of halogens is 2. The number of hydrogen-bond acceptors (Lipinski definition) is 2. The third-order valence-corrected chi connectivity index (χ3v) is 3.84. The van der Waals surface area contributed by atoms with E-state index in [9.17, 15) is 14.0 Å². The number of anilines is 1. The van der Waals surface area contributed by atoms with Crippen molar-refractivity contribution < 1.29 is 19.1 Å². The minimum atomic E-state index is -0.823. The van der Waals surface area contributed by atoms with Gasteiger partial charge in [-0.2, -0.15) is 0 Å². The van der Waals surface area contributed by atoms with E-state index in [1.54, 1.807) is 0 Å². The fourth-order valence-electron chi connectivity index (χ4n) is 2.63. The van der Waals surface area contributed by atoms with Gasteiger partial charge in [-0.3, -0.25) is 4.79 Å². The van der Waals surface area contributed by atoms with Gasteiger partial charge >= 0.3 is 12.0 Å². The quantitative estimate of drug-likeness (QED) is 0.799. The molecule has 2 amide bonds. The average molecular weight is 315 g/mol. The summed E-state index contributed by atoms with van der Waals surface area (Å²) in [5, 5.41) is 14.3. The number of carbonyl (C=O) groups excluding carboxylic acids is 1. The van der Waals surface area contributed by atoms with Crippen LogP contribution in [0, 0.1) is 17.7 Å². The molecule has 0 bridgehead atoms. The number of amides is 2. The number of carboxylic acids is 1. The highest BCUT2D eigenvalue weighted by atomic mass is 35.5. The molecule has 7 heteroatoms. The zero-order valence-corrected chi connectivity index (χ0v) is 12.0. The monoisotopic (exact) mass is 314 g/mol. The van der Waals surface area contributed by atoms with Crippen molar-refractivity contribution in [1.29, 1.82) is 0 Å². The van der Waals surface area contributed by atoms with Crippen LogP contribution in [0.25, 0.3) is 0 Å². The van der Waals surface area contributed by atoms with Gasteiger partial charge in [0.05, 0.1) is 5.92 Å². The van der Waals surface area contributed by atoms with Crippen molar-refractivity contribution in [1.82, 2.24) is 5.32 Å². The van der Waals surface area contributed by atoms with Gasteiger partial charge in [0.15, 0.2) is 0 Å². The first kappa shape index (κ1) is 15.6. The Morgan fingerprint density at radius 1 is 1.33 bits per heavy atom. The standard InChI is InChI=1S/C14H16ClFN2O3/c15-9-4-10(16)6-11(5-9)18-14(21)17-7-8-2-1-3-12(8)13(19)20/h4-6,8,12H,1-3,7H2,(H,19,20)(H2,17,18,21). The second-order valence-electron chi connectivity index (χ2n) is 5.13. The van der Waals surface area contributed by atoms with Gasteiger partial charge in [-0.05, 0) is 37.0 Å². The summed E-state index contributed by atoms with van der Waals surface area (Å²) in [7, 11) is 0. The van der Waals surface area contributed by atoms with E-state index in [2.05, 4.69) is 10.6 Å². The highest BCUT2D eigenvalue weighted by Gasteiger charge is 2.32. The second-order valence-corrected chi connectivity index (χ2v) is 5.57. The van der Waals surface area contributed by atoms with Gasteiger partial charge in [0.2, 0.25) is 0 Å². The predicted molar refractivity (Wildman–Crippen MR) is 76.9 cm³/mol. The summed E-state index contributed by atoms with van der Waals surface area (Å²) >= 11 is 5.69. The summed E-state index contributed by atoms with van der Waals surface area (Å²) in [4.78, 5) is 22.8. The minimum absolute atomic E-state index is 0.0654. The molecule has 2 atom stereocenters. The van der Waals surface area contributed by atoms with Crippen LogP contribution in [-0.4, -0.2) is 23.7 Å². The molecule has 2 unspecified atom stereocenters. The molecular formula is C14H16ClFN2O3. The summed E-state index contributed by atoms with van der Waals surface area (Å²) < 4.78 is 13.1. The number of carbonyl (C=O) groups is 2. The van der Waals surface area contributed by atoms with Crippen LogP contribution < -0.4 is 10.6 Å². The maximum Gasteiger partial charge on any atom is 0.319 e. The second kappa shape index (κ2) is 6.76. The fraction of sp³-hybridized carbons (Fsp3) is 0.429. The molecule has 1 aliphatic rings. The fourth-order valence-corrected chi connectivity index (χ4v) is 2.85. The first-order valence-corrected chi connectivity index (χ1v) is 7.07. The molecule has 1 aliphatic carbocycles. The molecule has 1 saturated carbocycles. The first-order valence-electron chi connectivity index (χ1n) is 6.69. The van der Waals surface area contributed by atoms with Crippen LogP contribution in [0.3, 0.4) is 0 Å². The number of benzene rings is 1. The molecule has 0 aliphatic heterocycles. The highest BCUT2D eigenvalue weighted by molar-refractivity contribution is 6.30. The van der Waals surface area contributed by atoms with E-state index < -0.39 is 23.7 Å². The molecule has 0 saturated heterocycles. The number of aliphatic carboxylic acids is 1. The Hall–Kier alpha value is -1.82. The molecule has 0 radical (unpaired) electrons. The van der Waals surface area contributed by atoms with E-state index in [1.807, 2.05) is 0 Å². The number of carboxylic acid groups (broad SMARTS) is 1. The van der Waals surface area contributed by atoms with Gasteiger partial charge in [-0.1, -0.05) is 18.0 Å². The maximum absolute atomic E-state index is 13.1. The van der Waals surface area contributed by atoms with E-state index in [0.717, 1.165) is 25.0 Å². The Morgan fingerprint density at radius 3 is 2.76 bits per heavy atom.